The molecule has 17 heavy (non-hydrogen) atoms. The number of benzene rings is 1. The fourth-order valence-electron chi connectivity index (χ4n) is 2.64. The highest BCUT2D eigenvalue weighted by Crippen LogP contribution is 2.37. The van der Waals surface area contributed by atoms with Crippen LogP contribution in [0.4, 0.5) is 0 Å². The van der Waals surface area contributed by atoms with Gasteiger partial charge in [-0.3, -0.25) is 0 Å². The zero-order chi connectivity index (χ0) is 11.8. The molecule has 2 aliphatic rings. The summed E-state index contributed by atoms with van der Waals surface area (Å²) >= 11 is 0. The van der Waals surface area contributed by atoms with E-state index in [1.807, 2.05) is 0 Å². The highest BCUT2D eigenvalue weighted by atomic mass is 14.2. The summed E-state index contributed by atoms with van der Waals surface area (Å²) in [6, 6.07) is 8.73. The zero-order valence-corrected chi connectivity index (χ0v) is 10.3. The molecule has 0 saturated carbocycles. The molecule has 3 rings (SSSR count). The summed E-state index contributed by atoms with van der Waals surface area (Å²) in [4.78, 5) is 0. The minimum Gasteiger partial charge on any atom is -0.0732 e. The predicted octanol–water partition coefficient (Wildman–Crippen LogP) is 4.63. The first-order valence-electron chi connectivity index (χ1n) is 6.11. The Hall–Kier alpha value is -1.82. The van der Waals surface area contributed by atoms with Gasteiger partial charge in [-0.1, -0.05) is 54.6 Å². The van der Waals surface area contributed by atoms with E-state index in [4.69, 9.17) is 0 Å². The lowest BCUT2D eigenvalue weighted by Gasteiger charge is -2.13. The van der Waals surface area contributed by atoms with Gasteiger partial charge in [0.1, 0.15) is 0 Å². The van der Waals surface area contributed by atoms with Crippen LogP contribution in [0.25, 0.3) is 5.57 Å². The molecule has 0 nitrogen and oxygen atoms in total. The molecule has 0 aromatic heterocycles. The first-order valence-corrected chi connectivity index (χ1v) is 6.11. The van der Waals surface area contributed by atoms with Crippen LogP contribution >= 0.6 is 0 Å². The van der Waals surface area contributed by atoms with Gasteiger partial charge in [-0.15, -0.1) is 0 Å². The van der Waals surface area contributed by atoms with Gasteiger partial charge in [-0.25, -0.2) is 0 Å². The molecule has 0 aliphatic heterocycles. The second-order valence-corrected chi connectivity index (χ2v) is 4.73. The summed E-state index contributed by atoms with van der Waals surface area (Å²) in [5.74, 6) is 0.406. The van der Waals surface area contributed by atoms with Crippen LogP contribution in [0.2, 0.25) is 0 Å². The zero-order valence-electron chi connectivity index (χ0n) is 10.3. The summed E-state index contributed by atoms with van der Waals surface area (Å²) < 4.78 is 0. The molecule has 0 fully saturated rings. The van der Waals surface area contributed by atoms with Crippen LogP contribution in [0.5, 0.6) is 0 Å². The van der Waals surface area contributed by atoms with Crippen molar-refractivity contribution in [3.63, 3.8) is 0 Å². The summed E-state index contributed by atoms with van der Waals surface area (Å²) in [6.45, 7) is 4.44. The topological polar surface area (TPSA) is 0 Å². The van der Waals surface area contributed by atoms with Gasteiger partial charge in [-0.05, 0) is 41.7 Å². The van der Waals surface area contributed by atoms with Crippen LogP contribution in [0.1, 0.15) is 30.9 Å². The molecule has 1 aromatic rings. The van der Waals surface area contributed by atoms with E-state index in [-0.39, 0.29) is 0 Å². The fraction of sp³-hybridized carbons (Fsp3) is 0.176. The largest absolute Gasteiger partial charge is 0.0732 e. The monoisotopic (exact) mass is 220 g/mol. The predicted molar refractivity (Wildman–Crippen MR) is 73.8 cm³/mol. The molecule has 0 heteroatoms. The van der Waals surface area contributed by atoms with Crippen molar-refractivity contribution in [3.8, 4) is 0 Å². The Balaban J connectivity index is 2.32. The van der Waals surface area contributed by atoms with Gasteiger partial charge < -0.3 is 0 Å². The molecule has 0 radical (unpaired) electrons. The van der Waals surface area contributed by atoms with Crippen molar-refractivity contribution in [3.05, 3.63) is 76.9 Å². The van der Waals surface area contributed by atoms with Gasteiger partial charge in [0.15, 0.2) is 0 Å². The molecule has 0 amide bonds. The maximum Gasteiger partial charge on any atom is 0.0216 e. The highest BCUT2D eigenvalue weighted by Gasteiger charge is 2.18. The van der Waals surface area contributed by atoms with Gasteiger partial charge in [0.2, 0.25) is 0 Å². The van der Waals surface area contributed by atoms with Crippen molar-refractivity contribution in [2.45, 2.75) is 19.8 Å². The van der Waals surface area contributed by atoms with E-state index < -0.39 is 0 Å². The molecule has 1 aromatic carbocycles. The number of fused-ring (bicyclic) bond motifs is 3. The van der Waals surface area contributed by atoms with Gasteiger partial charge in [0.25, 0.3) is 0 Å². The van der Waals surface area contributed by atoms with Gasteiger partial charge >= 0.3 is 0 Å². The summed E-state index contributed by atoms with van der Waals surface area (Å²) in [7, 11) is 0. The van der Waals surface area contributed by atoms with Crippen LogP contribution in [-0.2, 0) is 0 Å². The summed E-state index contributed by atoms with van der Waals surface area (Å²) in [5.41, 5.74) is 6.95. The van der Waals surface area contributed by atoms with E-state index in [0.29, 0.717) is 5.92 Å². The van der Waals surface area contributed by atoms with Crippen molar-refractivity contribution in [2.24, 2.45) is 0 Å². The molecule has 0 N–H and O–H groups in total. The van der Waals surface area contributed by atoms with Gasteiger partial charge in [0, 0.05) is 5.92 Å². The van der Waals surface area contributed by atoms with Crippen LogP contribution in [0.15, 0.2) is 65.8 Å². The molecular weight excluding hydrogens is 204 g/mol. The SMILES string of the molecule is CC1=C(C)c2ccccc2C2C=CC=CC1=C2. The van der Waals surface area contributed by atoms with Crippen molar-refractivity contribution in [1.82, 2.24) is 0 Å². The van der Waals surface area contributed by atoms with Crippen LogP contribution in [0.3, 0.4) is 0 Å². The normalized spacial score (nSPS) is 21.8. The number of allylic oxidation sites excluding steroid dienone is 8. The third kappa shape index (κ3) is 1.61. The first-order chi connectivity index (χ1) is 8.27. The average Bonchev–Trinajstić information content (AvgIpc) is 2.66. The lowest BCUT2D eigenvalue weighted by molar-refractivity contribution is 1.07. The van der Waals surface area contributed by atoms with Crippen LogP contribution in [-0.4, -0.2) is 0 Å². The Kier molecular flexibility index (Phi) is 2.36. The Labute approximate surface area is 103 Å². The molecule has 1 atom stereocenters. The van der Waals surface area contributed by atoms with Crippen LogP contribution in [0, 0.1) is 0 Å². The van der Waals surface area contributed by atoms with Crippen molar-refractivity contribution >= 4 is 5.57 Å². The van der Waals surface area contributed by atoms with E-state index in [9.17, 15) is 0 Å². The lowest BCUT2D eigenvalue weighted by atomic mass is 9.91. The highest BCUT2D eigenvalue weighted by molar-refractivity contribution is 5.76. The van der Waals surface area contributed by atoms with E-state index in [2.05, 4.69) is 68.5 Å². The van der Waals surface area contributed by atoms with E-state index in [1.165, 1.54) is 27.8 Å². The molecule has 84 valence electrons. The standard InChI is InChI=1S/C17H16/c1-12-13(2)16-9-5-6-10-17(16)15-8-4-3-7-14(12)11-15/h3-11,15H,1-2H3. The Morgan fingerprint density at radius 1 is 0.941 bits per heavy atom. The third-order valence-electron chi connectivity index (χ3n) is 3.78. The second kappa shape index (κ2) is 3.89. The smallest absolute Gasteiger partial charge is 0.0216 e. The lowest BCUT2D eigenvalue weighted by Crippen LogP contribution is -1.95. The number of rotatable bonds is 0. The molecule has 1 unspecified atom stereocenters. The number of hydrogen-bond donors (Lipinski definition) is 0. The maximum absolute atomic E-state index is 2.37. The molecule has 0 heterocycles. The minimum atomic E-state index is 0.406. The average molecular weight is 220 g/mol. The Bertz CT molecular complexity index is 580. The van der Waals surface area contributed by atoms with Crippen molar-refractivity contribution < 1.29 is 0 Å². The third-order valence-corrected chi connectivity index (χ3v) is 3.78. The fourth-order valence-corrected chi connectivity index (χ4v) is 2.64. The minimum absolute atomic E-state index is 0.406. The summed E-state index contributed by atoms with van der Waals surface area (Å²) in [5, 5.41) is 0. The quantitative estimate of drug-likeness (QED) is 0.598. The molecule has 0 saturated heterocycles. The first kappa shape index (κ1) is 10.3. The molecular formula is C17H16. The Morgan fingerprint density at radius 2 is 1.76 bits per heavy atom. The molecule has 0 spiro atoms. The molecule has 2 bridgehead atoms. The van der Waals surface area contributed by atoms with E-state index in [0.717, 1.165) is 0 Å². The van der Waals surface area contributed by atoms with E-state index in [1.54, 1.807) is 0 Å². The van der Waals surface area contributed by atoms with Crippen LogP contribution < -0.4 is 0 Å². The second-order valence-electron chi connectivity index (χ2n) is 4.73. The Morgan fingerprint density at radius 3 is 2.65 bits per heavy atom. The molecule has 2 aliphatic carbocycles. The van der Waals surface area contributed by atoms with Crippen molar-refractivity contribution in [2.75, 3.05) is 0 Å². The van der Waals surface area contributed by atoms with Gasteiger partial charge in [0.05, 0.1) is 0 Å². The maximum atomic E-state index is 2.37. The number of hydrogen-bond acceptors (Lipinski definition) is 0. The summed E-state index contributed by atoms with van der Waals surface area (Å²) in [6.07, 6.45) is 11.1. The van der Waals surface area contributed by atoms with Gasteiger partial charge in [-0.2, -0.15) is 0 Å². The van der Waals surface area contributed by atoms with Crippen molar-refractivity contribution in [1.29, 1.82) is 0 Å². The van der Waals surface area contributed by atoms with E-state index >= 15 is 0 Å².